The summed E-state index contributed by atoms with van der Waals surface area (Å²) in [7, 11) is -3.81. The minimum Gasteiger partial charge on any atom is -0.302 e. The highest BCUT2D eigenvalue weighted by Gasteiger charge is 2.33. The highest BCUT2D eigenvalue weighted by molar-refractivity contribution is 7.89. The maximum atomic E-state index is 13.2. The Bertz CT molecular complexity index is 1270. The molecule has 10 heteroatoms. The number of benzene rings is 2. The van der Waals surface area contributed by atoms with Crippen LogP contribution in [0.4, 0.5) is 9.52 Å². The first kappa shape index (κ1) is 22.1. The third-order valence-electron chi connectivity index (χ3n) is 5.25. The van der Waals surface area contributed by atoms with Gasteiger partial charge < -0.3 is 5.32 Å². The number of carbonyl (C=O) groups excluding carboxylic acids is 1. The maximum absolute atomic E-state index is 13.2. The Kier molecular flexibility index (Phi) is 6.32. The molecule has 32 heavy (non-hydrogen) atoms. The molecule has 0 radical (unpaired) electrons. The Morgan fingerprint density at radius 1 is 1.19 bits per heavy atom. The smallest absolute Gasteiger partial charge is 0.243 e. The number of amides is 1. The van der Waals surface area contributed by atoms with Crippen LogP contribution in [-0.4, -0.2) is 36.7 Å². The van der Waals surface area contributed by atoms with Crippen LogP contribution in [0.1, 0.15) is 18.4 Å². The number of nitriles is 1. The summed E-state index contributed by atoms with van der Waals surface area (Å²) in [6.45, 7) is 0.364. The van der Waals surface area contributed by atoms with Crippen LogP contribution in [0.2, 0.25) is 0 Å². The van der Waals surface area contributed by atoms with Gasteiger partial charge in [-0.05, 0) is 49.2 Å². The predicted octanol–water partition coefficient (Wildman–Crippen LogP) is 3.86. The van der Waals surface area contributed by atoms with Crippen molar-refractivity contribution in [1.29, 1.82) is 5.26 Å². The van der Waals surface area contributed by atoms with Crippen molar-refractivity contribution >= 4 is 32.4 Å². The molecule has 1 unspecified atom stereocenters. The van der Waals surface area contributed by atoms with Crippen molar-refractivity contribution in [3.8, 4) is 17.3 Å². The third kappa shape index (κ3) is 4.70. The molecule has 0 aliphatic carbocycles. The second-order valence-electron chi connectivity index (χ2n) is 7.37. The van der Waals surface area contributed by atoms with E-state index in [1.807, 2.05) is 5.38 Å². The van der Waals surface area contributed by atoms with Crippen LogP contribution in [0.3, 0.4) is 0 Å². The maximum Gasteiger partial charge on any atom is 0.243 e. The van der Waals surface area contributed by atoms with Crippen molar-refractivity contribution in [2.24, 2.45) is 5.92 Å². The van der Waals surface area contributed by atoms with E-state index in [1.165, 1.54) is 27.8 Å². The van der Waals surface area contributed by atoms with Gasteiger partial charge in [-0.1, -0.05) is 12.1 Å². The number of hydrogen-bond acceptors (Lipinski definition) is 6. The Morgan fingerprint density at radius 2 is 1.91 bits per heavy atom. The van der Waals surface area contributed by atoms with Gasteiger partial charge in [-0.2, -0.15) is 9.57 Å². The van der Waals surface area contributed by atoms with E-state index >= 15 is 0 Å². The van der Waals surface area contributed by atoms with E-state index in [0.29, 0.717) is 35.8 Å². The van der Waals surface area contributed by atoms with Crippen molar-refractivity contribution in [3.63, 3.8) is 0 Å². The topological polar surface area (TPSA) is 103 Å². The van der Waals surface area contributed by atoms with Gasteiger partial charge in [-0.15, -0.1) is 11.3 Å². The SMILES string of the molecule is N#Cc1ccc(-c2csc(NC(=O)C3CCCN(S(=O)(=O)c4ccc(F)cc4)C3)n2)cc1. The van der Waals surface area contributed by atoms with Crippen LogP contribution in [0, 0.1) is 23.1 Å². The average Bonchev–Trinajstić information content (AvgIpc) is 3.28. The van der Waals surface area contributed by atoms with E-state index in [-0.39, 0.29) is 17.3 Å². The summed E-state index contributed by atoms with van der Waals surface area (Å²) in [6.07, 6.45) is 1.11. The Labute approximate surface area is 189 Å². The monoisotopic (exact) mass is 470 g/mol. The van der Waals surface area contributed by atoms with E-state index in [1.54, 1.807) is 24.3 Å². The average molecular weight is 471 g/mol. The van der Waals surface area contributed by atoms with Gasteiger partial charge in [0.2, 0.25) is 15.9 Å². The molecule has 2 heterocycles. The number of nitrogens with one attached hydrogen (secondary N) is 1. The van der Waals surface area contributed by atoms with E-state index in [9.17, 15) is 17.6 Å². The molecule has 1 aromatic heterocycles. The van der Waals surface area contributed by atoms with Crippen LogP contribution in [0.25, 0.3) is 11.3 Å². The lowest BCUT2D eigenvalue weighted by Gasteiger charge is -2.31. The number of thiazole rings is 1. The first-order valence-corrected chi connectivity index (χ1v) is 12.2. The number of piperidine rings is 1. The third-order valence-corrected chi connectivity index (χ3v) is 7.89. The van der Waals surface area contributed by atoms with E-state index in [2.05, 4.69) is 16.4 Å². The van der Waals surface area contributed by atoms with Crippen molar-refractivity contribution in [2.75, 3.05) is 18.4 Å². The lowest BCUT2D eigenvalue weighted by Crippen LogP contribution is -2.43. The van der Waals surface area contributed by atoms with Gasteiger partial charge in [0.25, 0.3) is 0 Å². The molecule has 7 nitrogen and oxygen atoms in total. The fraction of sp³-hybridized carbons (Fsp3) is 0.227. The second-order valence-corrected chi connectivity index (χ2v) is 10.2. The zero-order valence-corrected chi connectivity index (χ0v) is 18.5. The molecule has 164 valence electrons. The van der Waals surface area contributed by atoms with Crippen LogP contribution in [0.15, 0.2) is 58.8 Å². The normalized spacial score (nSPS) is 16.9. The minimum absolute atomic E-state index is 0.00643. The first-order valence-electron chi connectivity index (χ1n) is 9.89. The zero-order valence-electron chi connectivity index (χ0n) is 16.9. The lowest BCUT2D eigenvalue weighted by atomic mass is 9.99. The number of hydrogen-bond donors (Lipinski definition) is 1. The highest BCUT2D eigenvalue weighted by atomic mass is 32.2. The molecular formula is C22H19FN4O3S2. The molecule has 1 N–H and O–H groups in total. The summed E-state index contributed by atoms with van der Waals surface area (Å²) in [6, 6.07) is 13.7. The van der Waals surface area contributed by atoms with Gasteiger partial charge in [-0.3, -0.25) is 4.79 Å². The summed E-state index contributed by atoms with van der Waals surface area (Å²) in [5, 5.41) is 13.9. The fourth-order valence-corrected chi connectivity index (χ4v) is 5.76. The Balaban J connectivity index is 1.43. The second kappa shape index (κ2) is 9.16. The van der Waals surface area contributed by atoms with Crippen molar-refractivity contribution in [1.82, 2.24) is 9.29 Å². The molecule has 2 aromatic carbocycles. The Morgan fingerprint density at radius 3 is 2.59 bits per heavy atom. The number of aromatic nitrogens is 1. The molecule has 1 amide bonds. The van der Waals surface area contributed by atoms with Gasteiger partial charge in [0.15, 0.2) is 5.13 Å². The molecule has 1 saturated heterocycles. The van der Waals surface area contributed by atoms with Gasteiger partial charge in [0.05, 0.1) is 28.1 Å². The summed E-state index contributed by atoms with van der Waals surface area (Å²) in [5.41, 5.74) is 2.06. The van der Waals surface area contributed by atoms with Crippen molar-refractivity contribution < 1.29 is 17.6 Å². The van der Waals surface area contributed by atoms with Crippen molar-refractivity contribution in [2.45, 2.75) is 17.7 Å². The molecule has 4 rings (SSSR count). The number of nitrogens with zero attached hydrogens (tertiary/aromatic N) is 3. The predicted molar refractivity (Wildman–Crippen MR) is 119 cm³/mol. The molecule has 1 aliphatic heterocycles. The zero-order chi connectivity index (χ0) is 22.7. The summed E-state index contributed by atoms with van der Waals surface area (Å²) < 4.78 is 40.2. The van der Waals surface area contributed by atoms with Crippen LogP contribution < -0.4 is 5.32 Å². The fourth-order valence-electron chi connectivity index (χ4n) is 3.52. The minimum atomic E-state index is -3.81. The summed E-state index contributed by atoms with van der Waals surface area (Å²) in [5.74, 6) is -1.31. The van der Waals surface area contributed by atoms with E-state index in [4.69, 9.17) is 5.26 Å². The standard InChI is InChI=1S/C22H19FN4O3S2/c23-18-7-9-19(10-8-18)32(29,30)27-11-1-2-17(13-27)21(28)26-22-25-20(14-31-22)16-5-3-15(12-24)4-6-16/h3-10,14,17H,1-2,11,13H2,(H,25,26,28). The summed E-state index contributed by atoms with van der Waals surface area (Å²) in [4.78, 5) is 17.2. The molecule has 1 aliphatic rings. The number of carbonyl (C=O) groups is 1. The van der Waals surface area contributed by atoms with Gasteiger partial charge in [-0.25, -0.2) is 17.8 Å². The van der Waals surface area contributed by atoms with Crippen LogP contribution >= 0.6 is 11.3 Å². The number of anilines is 1. The quantitative estimate of drug-likeness (QED) is 0.610. The molecule has 1 atom stereocenters. The molecular weight excluding hydrogens is 451 g/mol. The van der Waals surface area contributed by atoms with E-state index in [0.717, 1.165) is 17.7 Å². The number of sulfonamides is 1. The Hall–Kier alpha value is -3.13. The highest BCUT2D eigenvalue weighted by Crippen LogP contribution is 2.28. The first-order chi connectivity index (χ1) is 15.4. The van der Waals surface area contributed by atoms with Gasteiger partial charge in [0.1, 0.15) is 5.82 Å². The van der Waals surface area contributed by atoms with Crippen LogP contribution in [-0.2, 0) is 14.8 Å². The molecule has 3 aromatic rings. The van der Waals surface area contributed by atoms with Crippen molar-refractivity contribution in [3.05, 3.63) is 65.3 Å². The molecule has 1 fully saturated rings. The van der Waals surface area contributed by atoms with Gasteiger partial charge >= 0.3 is 0 Å². The van der Waals surface area contributed by atoms with Gasteiger partial charge in [0, 0.05) is 24.0 Å². The molecule has 0 saturated carbocycles. The molecule has 0 spiro atoms. The van der Waals surface area contributed by atoms with E-state index < -0.39 is 21.8 Å². The number of halogens is 1. The lowest BCUT2D eigenvalue weighted by molar-refractivity contribution is -0.120. The molecule has 0 bridgehead atoms. The largest absolute Gasteiger partial charge is 0.302 e. The van der Waals surface area contributed by atoms with Crippen LogP contribution in [0.5, 0.6) is 0 Å². The summed E-state index contributed by atoms with van der Waals surface area (Å²) >= 11 is 1.28. The number of rotatable bonds is 5.